The fourth-order valence-electron chi connectivity index (χ4n) is 6.70. The minimum absolute atomic E-state index is 0.294. The number of allylic oxidation sites excluding steroid dienone is 8. The van der Waals surface area contributed by atoms with Crippen LogP contribution in [0.2, 0.25) is 0 Å². The van der Waals surface area contributed by atoms with Crippen molar-refractivity contribution in [2.24, 2.45) is 0 Å². The van der Waals surface area contributed by atoms with E-state index in [1.165, 1.54) is 161 Å². The number of hydrogen-bond acceptors (Lipinski definition) is 3. The summed E-state index contributed by atoms with van der Waals surface area (Å²) in [6, 6.07) is 0. The van der Waals surface area contributed by atoms with Crippen LogP contribution in [0.15, 0.2) is 48.6 Å². The van der Waals surface area contributed by atoms with Crippen LogP contribution in [-0.4, -0.2) is 44.0 Å². The van der Waals surface area contributed by atoms with E-state index in [2.05, 4.69) is 81.5 Å². The third-order valence-electron chi connectivity index (χ3n) is 9.81. The third-order valence-corrected chi connectivity index (χ3v) is 9.81. The first kappa shape index (κ1) is 44.9. The van der Waals surface area contributed by atoms with Crippen LogP contribution in [-0.2, 0) is 9.47 Å². The van der Waals surface area contributed by atoms with Gasteiger partial charge in [-0.3, -0.25) is 0 Å². The summed E-state index contributed by atoms with van der Waals surface area (Å²) < 4.78 is 13.3. The molecule has 1 aliphatic heterocycles. The van der Waals surface area contributed by atoms with Crippen molar-refractivity contribution in [3.63, 3.8) is 0 Å². The molecule has 1 fully saturated rings. The summed E-state index contributed by atoms with van der Waals surface area (Å²) in [6.07, 6.45) is 56.0. The van der Waals surface area contributed by atoms with E-state index in [4.69, 9.17) is 9.47 Å². The smallest absolute Gasteiger partial charge is 0.168 e. The van der Waals surface area contributed by atoms with Gasteiger partial charge in [-0.15, -0.1) is 0 Å². The fourth-order valence-corrected chi connectivity index (χ4v) is 6.70. The molecule has 3 heteroatoms. The molecular weight excluding hydrogens is 587 g/mol. The number of nitrogens with zero attached hydrogens (tertiary/aromatic N) is 1. The van der Waals surface area contributed by atoms with E-state index in [-0.39, 0.29) is 5.79 Å². The first-order chi connectivity index (χ1) is 23.6. The van der Waals surface area contributed by atoms with Gasteiger partial charge in [-0.25, -0.2) is 0 Å². The molecule has 2 unspecified atom stereocenters. The zero-order valence-electron chi connectivity index (χ0n) is 32.9. The Morgan fingerprint density at radius 2 is 0.938 bits per heavy atom. The summed E-state index contributed by atoms with van der Waals surface area (Å²) in [5.41, 5.74) is 0. The summed E-state index contributed by atoms with van der Waals surface area (Å²) >= 11 is 0. The molecule has 0 bridgehead atoms. The Morgan fingerprint density at radius 3 is 1.42 bits per heavy atom. The van der Waals surface area contributed by atoms with E-state index in [1.54, 1.807) is 0 Å². The second-order valence-corrected chi connectivity index (χ2v) is 14.9. The lowest BCUT2D eigenvalue weighted by molar-refractivity contribution is -0.180. The standard InChI is InChI=1S/C45H83NO2/c1-5-7-9-11-13-15-17-19-21-23-25-27-29-31-33-36-40-45(47-43-44(48-45)39-35-38-42-46(3)4)41-37-34-32-30-28-26-24-22-20-18-16-14-12-10-8-6-2/h11,13-14,16-17,19-20,22,44H,5-10,12,15,18,21,23-43H2,1-4H3/b13-11-,16-14-,19-17-,22-20-. The highest BCUT2D eigenvalue weighted by Gasteiger charge is 2.40. The molecule has 0 N–H and O–H groups in total. The molecule has 0 saturated carbocycles. The van der Waals surface area contributed by atoms with Crippen molar-refractivity contribution in [1.29, 1.82) is 0 Å². The molecule has 1 saturated heterocycles. The lowest BCUT2D eigenvalue weighted by Crippen LogP contribution is -2.31. The van der Waals surface area contributed by atoms with Crippen molar-refractivity contribution < 1.29 is 9.47 Å². The molecule has 0 radical (unpaired) electrons. The van der Waals surface area contributed by atoms with Crippen molar-refractivity contribution in [2.45, 2.75) is 212 Å². The predicted octanol–water partition coefficient (Wildman–Crippen LogP) is 14.2. The van der Waals surface area contributed by atoms with E-state index in [0.29, 0.717) is 6.10 Å². The van der Waals surface area contributed by atoms with E-state index in [1.807, 2.05) is 0 Å². The van der Waals surface area contributed by atoms with Crippen LogP contribution < -0.4 is 0 Å². The van der Waals surface area contributed by atoms with Gasteiger partial charge in [0.25, 0.3) is 0 Å². The van der Waals surface area contributed by atoms with Crippen LogP contribution >= 0.6 is 0 Å². The van der Waals surface area contributed by atoms with Gasteiger partial charge in [0.2, 0.25) is 0 Å². The molecule has 0 spiro atoms. The SMILES string of the molecule is CCCC/C=C\C/C=C\CCCCCCCCCC1(CCCCCCCC/C=C\C/C=C\CCCCC)OCC(CCCCN(C)C)O1. The highest BCUT2D eigenvalue weighted by Crippen LogP contribution is 2.36. The summed E-state index contributed by atoms with van der Waals surface area (Å²) in [6.45, 7) is 6.49. The molecule has 0 aromatic heterocycles. The molecule has 0 aliphatic carbocycles. The molecule has 0 amide bonds. The van der Waals surface area contributed by atoms with E-state index in [0.717, 1.165) is 38.7 Å². The van der Waals surface area contributed by atoms with Crippen LogP contribution in [0.25, 0.3) is 0 Å². The summed E-state index contributed by atoms with van der Waals surface area (Å²) in [5, 5.41) is 0. The zero-order valence-corrected chi connectivity index (χ0v) is 32.9. The van der Waals surface area contributed by atoms with Crippen molar-refractivity contribution in [1.82, 2.24) is 4.90 Å². The topological polar surface area (TPSA) is 21.7 Å². The monoisotopic (exact) mass is 670 g/mol. The van der Waals surface area contributed by atoms with Crippen LogP contribution in [0.4, 0.5) is 0 Å². The first-order valence-electron chi connectivity index (χ1n) is 21.2. The Balaban J connectivity index is 2.20. The molecule has 0 aromatic carbocycles. The Kier molecular flexibility index (Phi) is 32.1. The van der Waals surface area contributed by atoms with E-state index < -0.39 is 0 Å². The van der Waals surface area contributed by atoms with Gasteiger partial charge in [0.1, 0.15) is 0 Å². The van der Waals surface area contributed by atoms with Gasteiger partial charge in [0.15, 0.2) is 5.79 Å². The number of hydrogen-bond donors (Lipinski definition) is 0. The van der Waals surface area contributed by atoms with E-state index >= 15 is 0 Å². The average molecular weight is 670 g/mol. The summed E-state index contributed by atoms with van der Waals surface area (Å²) in [5.74, 6) is -0.307. The molecule has 2 atom stereocenters. The zero-order chi connectivity index (χ0) is 34.6. The van der Waals surface area contributed by atoms with Crippen molar-refractivity contribution >= 4 is 0 Å². The summed E-state index contributed by atoms with van der Waals surface area (Å²) in [7, 11) is 4.33. The van der Waals surface area contributed by atoms with Gasteiger partial charge < -0.3 is 14.4 Å². The molecule has 1 aliphatic rings. The number of unbranched alkanes of at least 4 members (excludes halogenated alkanes) is 19. The van der Waals surface area contributed by atoms with Crippen molar-refractivity contribution in [3.8, 4) is 0 Å². The van der Waals surface area contributed by atoms with Gasteiger partial charge >= 0.3 is 0 Å². The lowest BCUT2D eigenvalue weighted by atomic mass is 9.98. The molecule has 1 heterocycles. The van der Waals surface area contributed by atoms with Gasteiger partial charge in [0.05, 0.1) is 12.7 Å². The fraction of sp³-hybridized carbons (Fsp3) is 0.822. The Morgan fingerprint density at radius 1 is 0.500 bits per heavy atom. The maximum atomic E-state index is 6.75. The Hall–Kier alpha value is -1.16. The highest BCUT2D eigenvalue weighted by molar-refractivity contribution is 4.93. The van der Waals surface area contributed by atoms with Gasteiger partial charge in [-0.1, -0.05) is 146 Å². The molecule has 3 nitrogen and oxygen atoms in total. The number of rotatable bonds is 35. The van der Waals surface area contributed by atoms with Crippen molar-refractivity contribution in [2.75, 3.05) is 27.2 Å². The van der Waals surface area contributed by atoms with Crippen LogP contribution in [0.5, 0.6) is 0 Å². The third kappa shape index (κ3) is 28.7. The summed E-state index contributed by atoms with van der Waals surface area (Å²) in [4.78, 5) is 2.29. The Labute approximate surface area is 301 Å². The molecule has 280 valence electrons. The average Bonchev–Trinajstić information content (AvgIpc) is 3.49. The Bertz CT molecular complexity index is 784. The van der Waals surface area contributed by atoms with E-state index in [9.17, 15) is 0 Å². The molecule has 1 rings (SSSR count). The first-order valence-corrected chi connectivity index (χ1v) is 21.2. The van der Waals surface area contributed by atoms with Gasteiger partial charge in [-0.2, -0.15) is 0 Å². The van der Waals surface area contributed by atoms with Gasteiger partial charge in [-0.05, 0) is 111 Å². The van der Waals surface area contributed by atoms with Gasteiger partial charge in [0, 0.05) is 12.8 Å². The second-order valence-electron chi connectivity index (χ2n) is 14.9. The largest absolute Gasteiger partial charge is 0.347 e. The van der Waals surface area contributed by atoms with Crippen LogP contribution in [0.1, 0.15) is 200 Å². The minimum Gasteiger partial charge on any atom is -0.347 e. The lowest BCUT2D eigenvalue weighted by Gasteiger charge is -2.28. The highest BCUT2D eigenvalue weighted by atomic mass is 16.7. The second kappa shape index (κ2) is 34.3. The van der Waals surface area contributed by atoms with Crippen molar-refractivity contribution in [3.05, 3.63) is 48.6 Å². The minimum atomic E-state index is -0.307. The quantitative estimate of drug-likeness (QED) is 0.0495. The molecular formula is C45H83NO2. The molecule has 0 aromatic rings. The predicted molar refractivity (Wildman–Crippen MR) is 214 cm³/mol. The van der Waals surface area contributed by atoms with Crippen LogP contribution in [0, 0.1) is 0 Å². The molecule has 48 heavy (non-hydrogen) atoms. The maximum absolute atomic E-state index is 6.75. The normalized spacial score (nSPS) is 18.7. The maximum Gasteiger partial charge on any atom is 0.168 e. The van der Waals surface area contributed by atoms with Crippen LogP contribution in [0.3, 0.4) is 0 Å². The number of ether oxygens (including phenoxy) is 2.